The predicted octanol–water partition coefficient (Wildman–Crippen LogP) is 0.840. The van der Waals surface area contributed by atoms with Crippen molar-refractivity contribution in [2.75, 3.05) is 26.4 Å². The van der Waals surface area contributed by atoms with Gasteiger partial charge in [0, 0.05) is 48.5 Å². The van der Waals surface area contributed by atoms with Crippen LogP contribution in [0.15, 0.2) is 30.3 Å². The van der Waals surface area contributed by atoms with Gasteiger partial charge in [-0.1, -0.05) is 30.3 Å². The molecular formula is C35H46O19. The largest absolute Gasteiger partial charge is 0.463 e. The van der Waals surface area contributed by atoms with Crippen LogP contribution in [0, 0.1) is 0 Å². The fourth-order valence-corrected chi connectivity index (χ4v) is 5.59. The topological polar surface area (TPSA) is 230 Å². The molecule has 300 valence electrons. The second-order valence-electron chi connectivity index (χ2n) is 12.1. The Balaban J connectivity index is 2.08. The molecule has 2 aliphatic rings. The van der Waals surface area contributed by atoms with E-state index in [0.29, 0.717) is 0 Å². The fraction of sp³-hybridized carbons (Fsp3) is 0.629. The van der Waals surface area contributed by atoms with Gasteiger partial charge in [-0.3, -0.25) is 33.6 Å². The third-order valence-corrected chi connectivity index (χ3v) is 7.51. The first-order valence-corrected chi connectivity index (χ1v) is 16.9. The number of hydrogen-bond donors (Lipinski definition) is 0. The van der Waals surface area contributed by atoms with Crippen molar-refractivity contribution in [3.8, 4) is 0 Å². The van der Waals surface area contributed by atoms with Gasteiger partial charge in [-0.25, -0.2) is 0 Å². The summed E-state index contributed by atoms with van der Waals surface area (Å²) in [5, 5.41) is 0. The van der Waals surface area contributed by atoms with Crippen LogP contribution in [0.25, 0.3) is 0 Å². The summed E-state index contributed by atoms with van der Waals surface area (Å²) in [5.74, 6) is -5.81. The summed E-state index contributed by atoms with van der Waals surface area (Å²) in [6.07, 6.45) is -15.5. The van der Waals surface area contributed by atoms with Crippen molar-refractivity contribution in [2.45, 2.75) is 116 Å². The Labute approximate surface area is 310 Å². The van der Waals surface area contributed by atoms with Crippen LogP contribution in [0.4, 0.5) is 0 Å². The van der Waals surface area contributed by atoms with Gasteiger partial charge in [0.2, 0.25) is 0 Å². The number of carbonyl (C=O) groups is 7. The van der Waals surface area contributed by atoms with Crippen molar-refractivity contribution >= 4 is 41.8 Å². The van der Waals surface area contributed by atoms with Crippen LogP contribution < -0.4 is 0 Å². The first-order chi connectivity index (χ1) is 25.5. The maximum Gasteiger partial charge on any atom is 0.303 e. The summed E-state index contributed by atoms with van der Waals surface area (Å²) in [7, 11) is 0. The van der Waals surface area contributed by atoms with E-state index in [9.17, 15) is 33.6 Å². The Morgan fingerprint density at radius 2 is 0.926 bits per heavy atom. The zero-order chi connectivity index (χ0) is 39.9. The van der Waals surface area contributed by atoms with Gasteiger partial charge in [0.25, 0.3) is 0 Å². The molecule has 10 atom stereocenters. The average Bonchev–Trinajstić information content (AvgIpc) is 3.07. The highest BCUT2D eigenvalue weighted by molar-refractivity contribution is 5.69. The smallest absolute Gasteiger partial charge is 0.303 e. The molecule has 0 amide bonds. The van der Waals surface area contributed by atoms with Crippen molar-refractivity contribution in [2.24, 2.45) is 0 Å². The van der Waals surface area contributed by atoms with E-state index in [1.54, 1.807) is 0 Å². The first-order valence-electron chi connectivity index (χ1n) is 16.9. The molecule has 0 radical (unpaired) electrons. The molecule has 0 aromatic heterocycles. The molecule has 19 heteroatoms. The molecule has 54 heavy (non-hydrogen) atoms. The summed E-state index contributed by atoms with van der Waals surface area (Å²) in [5.41, 5.74) is 0.886. The third kappa shape index (κ3) is 13.9. The molecule has 0 bridgehead atoms. The molecular weight excluding hydrogens is 724 g/mol. The van der Waals surface area contributed by atoms with Gasteiger partial charge in [-0.05, 0) is 5.56 Å². The zero-order valence-electron chi connectivity index (χ0n) is 31.0. The quantitative estimate of drug-likeness (QED) is 0.121. The van der Waals surface area contributed by atoms with E-state index in [0.717, 1.165) is 54.0 Å². The van der Waals surface area contributed by atoms with Crippen LogP contribution >= 0.6 is 0 Å². The van der Waals surface area contributed by atoms with Crippen LogP contribution in [0.3, 0.4) is 0 Å². The van der Waals surface area contributed by atoms with Crippen molar-refractivity contribution < 1.29 is 90.4 Å². The van der Waals surface area contributed by atoms with Gasteiger partial charge in [0.1, 0.15) is 25.4 Å². The van der Waals surface area contributed by atoms with E-state index in [-0.39, 0.29) is 19.8 Å². The van der Waals surface area contributed by atoms with Crippen LogP contribution in [-0.4, -0.2) is 130 Å². The Morgan fingerprint density at radius 1 is 0.500 bits per heavy atom. The number of esters is 7. The Morgan fingerprint density at radius 3 is 1.39 bits per heavy atom. The molecule has 2 heterocycles. The van der Waals surface area contributed by atoms with E-state index in [1.165, 1.54) is 0 Å². The monoisotopic (exact) mass is 770 g/mol. The lowest BCUT2D eigenvalue weighted by atomic mass is 9.96. The number of carbonyl (C=O) groups excluding carboxylic acids is 7. The molecule has 0 unspecified atom stereocenters. The number of hydrogen-bond acceptors (Lipinski definition) is 19. The van der Waals surface area contributed by atoms with Gasteiger partial charge in [-0.2, -0.15) is 0 Å². The predicted molar refractivity (Wildman–Crippen MR) is 175 cm³/mol. The van der Waals surface area contributed by atoms with Crippen molar-refractivity contribution in [3.05, 3.63) is 35.9 Å². The molecule has 0 spiro atoms. The van der Waals surface area contributed by atoms with Crippen LogP contribution in [0.1, 0.15) is 54.0 Å². The SMILES string of the molecule is CC(=O)OC[C@@H]1O[C@H](OCCOCc2ccccc2)[C@@H](O[C@H]2O[C@H](COC(C)=O)[C@@H](OC(C)=O)[C@H](OC(C)=O)[C@@H]2OC(C)=O)[C@@H](OC(C)=O)[C@@H]1OC(C)=O. The summed E-state index contributed by atoms with van der Waals surface area (Å²) in [6.45, 7) is 6.60. The lowest BCUT2D eigenvalue weighted by Crippen LogP contribution is -2.67. The minimum Gasteiger partial charge on any atom is -0.463 e. The van der Waals surface area contributed by atoms with Crippen LogP contribution in [0.5, 0.6) is 0 Å². The summed E-state index contributed by atoms with van der Waals surface area (Å²) in [6, 6.07) is 9.27. The van der Waals surface area contributed by atoms with Gasteiger partial charge in [0.15, 0.2) is 49.2 Å². The van der Waals surface area contributed by atoms with Crippen molar-refractivity contribution in [1.29, 1.82) is 0 Å². The zero-order valence-corrected chi connectivity index (χ0v) is 31.0. The van der Waals surface area contributed by atoms with Gasteiger partial charge < -0.3 is 56.8 Å². The summed E-state index contributed by atoms with van der Waals surface area (Å²) >= 11 is 0. The molecule has 0 N–H and O–H groups in total. The van der Waals surface area contributed by atoms with E-state index in [4.69, 9.17) is 56.8 Å². The molecule has 0 aliphatic carbocycles. The molecule has 3 rings (SSSR count). The Kier molecular flexibility index (Phi) is 17.2. The summed E-state index contributed by atoms with van der Waals surface area (Å²) in [4.78, 5) is 85.5. The number of rotatable bonds is 17. The molecule has 2 fully saturated rings. The lowest BCUT2D eigenvalue weighted by molar-refractivity contribution is -0.369. The molecule has 2 aliphatic heterocycles. The minimum absolute atomic E-state index is 0.0146. The number of benzene rings is 1. The highest BCUT2D eigenvalue weighted by atomic mass is 16.8. The third-order valence-electron chi connectivity index (χ3n) is 7.51. The van der Waals surface area contributed by atoms with E-state index < -0.39 is 116 Å². The molecule has 0 saturated carbocycles. The highest BCUT2D eigenvalue weighted by Crippen LogP contribution is 2.35. The maximum atomic E-state index is 12.6. The van der Waals surface area contributed by atoms with E-state index in [1.807, 2.05) is 30.3 Å². The second-order valence-corrected chi connectivity index (χ2v) is 12.1. The van der Waals surface area contributed by atoms with Gasteiger partial charge in [-0.15, -0.1) is 0 Å². The summed E-state index contributed by atoms with van der Waals surface area (Å²) < 4.78 is 68.2. The number of ether oxygens (including phenoxy) is 12. The van der Waals surface area contributed by atoms with Crippen LogP contribution in [0.2, 0.25) is 0 Å². The highest BCUT2D eigenvalue weighted by Gasteiger charge is 2.57. The molecule has 1 aromatic rings. The minimum atomic E-state index is -1.79. The molecule has 2 saturated heterocycles. The van der Waals surface area contributed by atoms with E-state index in [2.05, 4.69) is 0 Å². The van der Waals surface area contributed by atoms with E-state index >= 15 is 0 Å². The average molecular weight is 771 g/mol. The Bertz CT molecular complexity index is 1450. The molecule has 1 aromatic carbocycles. The van der Waals surface area contributed by atoms with Gasteiger partial charge >= 0.3 is 41.8 Å². The fourth-order valence-electron chi connectivity index (χ4n) is 5.59. The molecule has 19 nitrogen and oxygen atoms in total. The van der Waals surface area contributed by atoms with Gasteiger partial charge in [0.05, 0.1) is 19.8 Å². The lowest BCUT2D eigenvalue weighted by Gasteiger charge is -2.48. The van der Waals surface area contributed by atoms with Crippen LogP contribution in [-0.2, 0) is 97.0 Å². The Hall–Kier alpha value is -4.69. The first kappa shape index (κ1) is 43.7. The standard InChI is InChI=1S/C35H46O19/c1-18(36)45-16-26-28(47-20(3)38)30(49-22(5)40)32(34(52-26)44-14-13-43-15-25-11-9-8-10-12-25)54-35-33(51-24(7)42)31(50-23(6)41)29(48-21(4)39)27(53-35)17-46-19(2)37/h8-12,26-35H,13-17H2,1-7H3/t26-,27+,28+,29+,30-,31-,32-,33-,34-,35+/m0/s1. The second kappa shape index (κ2) is 21.3. The van der Waals surface area contributed by atoms with Crippen molar-refractivity contribution in [3.63, 3.8) is 0 Å². The normalized spacial score (nSPS) is 27.8. The van der Waals surface area contributed by atoms with Crippen molar-refractivity contribution in [1.82, 2.24) is 0 Å². The maximum absolute atomic E-state index is 12.6.